The molecule has 0 atom stereocenters. The molecule has 1 N–H and O–H groups in total. The number of hydrogen-bond donors (Lipinski definition) is 1. The minimum Gasteiger partial charge on any atom is -0.311 e. The zero-order valence-electron chi connectivity index (χ0n) is 7.50. The third kappa shape index (κ3) is 1.37. The van der Waals surface area contributed by atoms with Crippen LogP contribution >= 0.6 is 11.3 Å². The fourth-order valence-electron chi connectivity index (χ4n) is 1.36. The van der Waals surface area contributed by atoms with E-state index in [0.717, 1.165) is 27.2 Å². The van der Waals surface area contributed by atoms with E-state index in [1.54, 1.807) is 6.20 Å². The molecule has 2 rings (SSSR count). The number of nitrogens with zero attached hydrogens (tertiary/aromatic N) is 1. The number of H-pyrrole nitrogens is 1. The van der Waals surface area contributed by atoms with E-state index < -0.39 is 0 Å². The van der Waals surface area contributed by atoms with Crippen molar-refractivity contribution in [3.05, 3.63) is 27.5 Å². The maximum absolute atomic E-state index is 11.1. The smallest absolute Gasteiger partial charge is 0.307 e. The highest BCUT2D eigenvalue weighted by atomic mass is 32.1. The van der Waals surface area contributed by atoms with Crippen LogP contribution in [0.15, 0.2) is 17.1 Å². The van der Waals surface area contributed by atoms with Gasteiger partial charge in [-0.3, -0.25) is 4.79 Å². The van der Waals surface area contributed by atoms with Crippen LogP contribution in [0.4, 0.5) is 0 Å². The van der Waals surface area contributed by atoms with Crippen LogP contribution in [-0.2, 0) is 0 Å². The lowest BCUT2D eigenvalue weighted by Gasteiger charge is -2.04. The molecule has 0 aliphatic rings. The molecule has 0 aliphatic carbocycles. The van der Waals surface area contributed by atoms with Gasteiger partial charge in [-0.15, -0.1) is 0 Å². The molecule has 0 aromatic carbocycles. The second-order valence-electron chi connectivity index (χ2n) is 3.25. The zero-order chi connectivity index (χ0) is 9.42. The molecule has 2 aromatic heterocycles. The third-order valence-electron chi connectivity index (χ3n) is 1.99. The summed E-state index contributed by atoms with van der Waals surface area (Å²) in [5.74, 6) is 0.413. The van der Waals surface area contributed by atoms with Crippen molar-refractivity contribution in [2.75, 3.05) is 0 Å². The molecular weight excluding hydrogens is 184 g/mol. The van der Waals surface area contributed by atoms with E-state index in [-0.39, 0.29) is 6.30 Å². The van der Waals surface area contributed by atoms with Crippen molar-refractivity contribution in [2.45, 2.75) is 19.8 Å². The molecule has 2 aromatic rings. The highest BCUT2D eigenvalue weighted by Crippen LogP contribution is 2.22. The summed E-state index contributed by atoms with van der Waals surface area (Å²) in [7, 11) is 0. The van der Waals surface area contributed by atoms with Gasteiger partial charge in [0, 0.05) is 7.62 Å². The number of rotatable bonds is 1. The molecule has 0 spiro atoms. The average Bonchev–Trinajstić information content (AvgIpc) is 2.43. The number of nitrogens with one attached hydrogen (secondary N) is 1. The van der Waals surface area contributed by atoms with Crippen LogP contribution < -0.4 is 4.87 Å². The molecule has 4 heteroatoms. The van der Waals surface area contributed by atoms with Crippen molar-refractivity contribution in [1.29, 1.82) is 0 Å². The second kappa shape index (κ2) is 2.96. The molecule has 0 amide bonds. The molecule has 0 radical (unpaired) electrons. The summed E-state index contributed by atoms with van der Waals surface area (Å²) in [5, 5.41) is 0. The van der Waals surface area contributed by atoms with Gasteiger partial charge in [0.2, 0.25) is 0 Å². The predicted molar refractivity (Wildman–Crippen MR) is 56.4 cm³/mol. The maximum Gasteiger partial charge on any atom is 0.307 e. The van der Waals surface area contributed by atoms with Gasteiger partial charge in [0.1, 0.15) is 4.83 Å². The van der Waals surface area contributed by atoms with E-state index in [9.17, 15) is 4.79 Å². The maximum atomic E-state index is 11.1. The first-order chi connectivity index (χ1) is 6.18. The van der Waals surface area contributed by atoms with Crippen molar-refractivity contribution in [3.8, 4) is 0 Å². The predicted octanol–water partition coefficient (Wildman–Crippen LogP) is 2.35. The Balaban J connectivity index is 0.000000980. The summed E-state index contributed by atoms with van der Waals surface area (Å²) in [6, 6.07) is 1.95. The van der Waals surface area contributed by atoms with Crippen LogP contribution in [0.3, 0.4) is 0 Å². The zero-order valence-corrected chi connectivity index (χ0v) is 8.31. The molecule has 13 heavy (non-hydrogen) atoms. The van der Waals surface area contributed by atoms with Gasteiger partial charge >= 0.3 is 4.87 Å². The van der Waals surface area contributed by atoms with Crippen LogP contribution in [0, 0.1) is 0 Å². The van der Waals surface area contributed by atoms with E-state index in [1.807, 2.05) is 6.07 Å². The first-order valence-corrected chi connectivity index (χ1v) is 4.98. The minimum atomic E-state index is -0.0319. The molecule has 0 bridgehead atoms. The topological polar surface area (TPSA) is 45.8 Å². The van der Waals surface area contributed by atoms with Gasteiger partial charge < -0.3 is 4.98 Å². The number of aromatic nitrogens is 2. The number of pyridine rings is 1. The van der Waals surface area contributed by atoms with Crippen molar-refractivity contribution in [3.63, 3.8) is 0 Å². The van der Waals surface area contributed by atoms with E-state index in [0.29, 0.717) is 5.92 Å². The number of thiazole rings is 1. The molecule has 0 unspecified atom stereocenters. The highest BCUT2D eigenvalue weighted by molar-refractivity contribution is 7.15. The Morgan fingerprint density at radius 3 is 3.08 bits per heavy atom. The summed E-state index contributed by atoms with van der Waals surface area (Å²) in [6.45, 7) is 4.20. The molecule has 0 aliphatic heterocycles. The monoisotopic (exact) mass is 196 g/mol. The van der Waals surface area contributed by atoms with E-state index in [4.69, 9.17) is 0 Å². The molecule has 70 valence electrons. The average molecular weight is 196 g/mol. The van der Waals surface area contributed by atoms with E-state index in [2.05, 4.69) is 23.8 Å². The van der Waals surface area contributed by atoms with Crippen LogP contribution in [0.1, 0.15) is 26.8 Å². The van der Waals surface area contributed by atoms with Crippen LogP contribution in [-0.4, -0.2) is 9.97 Å². The number of fused-ring (bicyclic) bond motifs is 1. The van der Waals surface area contributed by atoms with Gasteiger partial charge in [-0.25, -0.2) is 4.98 Å². The quantitative estimate of drug-likeness (QED) is 0.761. The van der Waals surface area contributed by atoms with Crippen LogP contribution in [0.5, 0.6) is 0 Å². The Bertz CT molecular complexity index is 489. The van der Waals surface area contributed by atoms with Crippen LogP contribution in [0.2, 0.25) is 0 Å². The molecule has 0 fully saturated rings. The van der Waals surface area contributed by atoms with Gasteiger partial charge in [0.15, 0.2) is 0 Å². The molecule has 2 heterocycles. The standard InChI is InChI=1S/C9H10N2OS.H2/c1-5(2)6-3-4-10-8-7(6)11-9(12)13-8;/h3-5H,1-2H3,(H,11,12);1H. The van der Waals surface area contributed by atoms with Gasteiger partial charge in [-0.1, -0.05) is 25.2 Å². The van der Waals surface area contributed by atoms with Gasteiger partial charge in [0.25, 0.3) is 0 Å². The Morgan fingerprint density at radius 1 is 1.62 bits per heavy atom. The number of hydrogen-bond acceptors (Lipinski definition) is 3. The highest BCUT2D eigenvalue weighted by Gasteiger charge is 2.08. The first kappa shape index (κ1) is 8.44. The first-order valence-electron chi connectivity index (χ1n) is 4.16. The molecular formula is C9H12N2OS. The molecule has 3 nitrogen and oxygen atoms in total. The van der Waals surface area contributed by atoms with Gasteiger partial charge in [0.05, 0.1) is 5.52 Å². The minimum absolute atomic E-state index is 0. The largest absolute Gasteiger partial charge is 0.311 e. The summed E-state index contributed by atoms with van der Waals surface area (Å²) in [4.78, 5) is 18.8. The Hall–Kier alpha value is -1.16. The normalized spacial score (nSPS) is 11.3. The lowest BCUT2D eigenvalue weighted by molar-refractivity contribution is 0.871. The number of aromatic amines is 1. The van der Waals surface area contributed by atoms with Crippen molar-refractivity contribution >= 4 is 21.7 Å². The molecule has 0 saturated heterocycles. The Labute approximate surface area is 80.9 Å². The van der Waals surface area contributed by atoms with E-state index >= 15 is 0 Å². The summed E-state index contributed by atoms with van der Waals surface area (Å²) >= 11 is 1.16. The van der Waals surface area contributed by atoms with E-state index in [1.165, 1.54) is 0 Å². The van der Waals surface area contributed by atoms with Crippen molar-refractivity contribution in [2.24, 2.45) is 0 Å². The lowest BCUT2D eigenvalue weighted by Crippen LogP contribution is -1.94. The van der Waals surface area contributed by atoms with Crippen molar-refractivity contribution < 1.29 is 1.43 Å². The second-order valence-corrected chi connectivity index (χ2v) is 4.21. The lowest BCUT2D eigenvalue weighted by atomic mass is 10.0. The molecule has 0 saturated carbocycles. The van der Waals surface area contributed by atoms with Crippen molar-refractivity contribution in [1.82, 2.24) is 9.97 Å². The fraction of sp³-hybridized carbons (Fsp3) is 0.333. The summed E-state index contributed by atoms with van der Waals surface area (Å²) in [5.41, 5.74) is 2.05. The SMILES string of the molecule is CC(C)c1ccnc2sc(=O)[nH]c12.[HH]. The summed E-state index contributed by atoms with van der Waals surface area (Å²) < 4.78 is 0. The Kier molecular flexibility index (Phi) is 1.92. The van der Waals surface area contributed by atoms with Gasteiger partial charge in [-0.2, -0.15) is 0 Å². The third-order valence-corrected chi connectivity index (χ3v) is 2.78. The van der Waals surface area contributed by atoms with Crippen LogP contribution in [0.25, 0.3) is 10.3 Å². The summed E-state index contributed by atoms with van der Waals surface area (Å²) in [6.07, 6.45) is 1.75. The Morgan fingerprint density at radius 2 is 2.38 bits per heavy atom. The van der Waals surface area contributed by atoms with Gasteiger partial charge in [-0.05, 0) is 17.5 Å². The fourth-order valence-corrected chi connectivity index (χ4v) is 2.07.